The predicted molar refractivity (Wildman–Crippen MR) is 122 cm³/mol. The molecule has 1 fully saturated rings. The molecular weight excluding hydrogens is 420 g/mol. The van der Waals surface area contributed by atoms with Crippen molar-refractivity contribution in [1.29, 1.82) is 0 Å². The molecule has 9 nitrogen and oxygen atoms in total. The molecule has 0 saturated carbocycles. The third-order valence-corrected chi connectivity index (χ3v) is 5.97. The molecule has 0 aliphatic carbocycles. The van der Waals surface area contributed by atoms with Crippen molar-refractivity contribution in [3.63, 3.8) is 0 Å². The fraction of sp³-hybridized carbons (Fsp3) is 0.250. The molecule has 0 spiro atoms. The van der Waals surface area contributed by atoms with Crippen LogP contribution in [0.1, 0.15) is 28.8 Å². The number of hydrogen-bond donors (Lipinski definition) is 2. The van der Waals surface area contributed by atoms with Crippen LogP contribution in [0.25, 0.3) is 16.7 Å². The summed E-state index contributed by atoms with van der Waals surface area (Å²) in [5.41, 5.74) is 4.06. The van der Waals surface area contributed by atoms with Gasteiger partial charge in [-0.3, -0.25) is 9.78 Å². The molecule has 3 aromatic heterocycles. The summed E-state index contributed by atoms with van der Waals surface area (Å²) in [6.45, 7) is 1.39. The molecule has 1 aliphatic heterocycles. The summed E-state index contributed by atoms with van der Waals surface area (Å²) < 4.78 is 3.82. The topological polar surface area (TPSA) is 105 Å². The molecular formula is C24H24N6O3. The molecule has 168 valence electrons. The Bertz CT molecular complexity index is 1280. The van der Waals surface area contributed by atoms with Crippen LogP contribution >= 0.6 is 0 Å². The van der Waals surface area contributed by atoms with Crippen LogP contribution in [0.2, 0.25) is 0 Å². The van der Waals surface area contributed by atoms with Crippen molar-refractivity contribution in [2.75, 3.05) is 13.1 Å². The first-order valence-electron chi connectivity index (χ1n) is 10.9. The van der Waals surface area contributed by atoms with Gasteiger partial charge in [0.05, 0.1) is 16.8 Å². The number of fused-ring (bicyclic) bond motifs is 1. The van der Waals surface area contributed by atoms with Gasteiger partial charge < -0.3 is 19.9 Å². The van der Waals surface area contributed by atoms with Crippen LogP contribution in [0.15, 0.2) is 67.3 Å². The molecule has 2 amide bonds. The fourth-order valence-corrected chi connectivity index (χ4v) is 4.32. The number of pyridine rings is 1. The van der Waals surface area contributed by atoms with E-state index in [4.69, 9.17) is 0 Å². The van der Waals surface area contributed by atoms with Crippen molar-refractivity contribution in [2.24, 2.45) is 0 Å². The highest BCUT2D eigenvalue weighted by molar-refractivity contribution is 6.05. The second kappa shape index (κ2) is 8.78. The Balaban J connectivity index is 1.37. The summed E-state index contributed by atoms with van der Waals surface area (Å²) in [7, 11) is 0. The summed E-state index contributed by atoms with van der Waals surface area (Å²) in [4.78, 5) is 30.2. The molecule has 4 aromatic rings. The average Bonchev–Trinajstić information content (AvgIpc) is 3.49. The number of carboxylic acid groups (broad SMARTS) is 1. The number of piperidine rings is 1. The second-order valence-electron chi connectivity index (χ2n) is 8.20. The summed E-state index contributed by atoms with van der Waals surface area (Å²) >= 11 is 0. The van der Waals surface area contributed by atoms with Gasteiger partial charge in [-0.1, -0.05) is 12.1 Å². The number of amides is 2. The zero-order valence-electron chi connectivity index (χ0n) is 18.0. The smallest absolute Gasteiger partial charge is 0.407 e. The number of carbonyl (C=O) groups is 2. The van der Waals surface area contributed by atoms with E-state index < -0.39 is 6.09 Å². The van der Waals surface area contributed by atoms with E-state index in [0.717, 1.165) is 29.6 Å². The van der Waals surface area contributed by atoms with E-state index in [1.807, 2.05) is 59.4 Å². The average molecular weight is 444 g/mol. The summed E-state index contributed by atoms with van der Waals surface area (Å²) in [6, 6.07) is 13.6. The molecule has 1 unspecified atom stereocenters. The van der Waals surface area contributed by atoms with Crippen molar-refractivity contribution in [3.8, 4) is 5.69 Å². The number of aromatic nitrogens is 4. The molecule has 0 radical (unpaired) electrons. The largest absolute Gasteiger partial charge is 0.465 e. The van der Waals surface area contributed by atoms with Crippen LogP contribution in [0.4, 0.5) is 4.79 Å². The SMILES string of the molecule is O=C(NC1CCCN(C(=O)O)C1)c1cn(Cc2ccc(-n3cccn3)cc2)c2cccnc12. The first kappa shape index (κ1) is 20.7. The minimum atomic E-state index is -0.953. The van der Waals surface area contributed by atoms with E-state index >= 15 is 0 Å². The van der Waals surface area contributed by atoms with Gasteiger partial charge in [-0.05, 0) is 48.7 Å². The van der Waals surface area contributed by atoms with Crippen LogP contribution in [0, 0.1) is 0 Å². The lowest BCUT2D eigenvalue weighted by molar-refractivity contribution is 0.0889. The fourth-order valence-electron chi connectivity index (χ4n) is 4.32. The number of benzene rings is 1. The van der Waals surface area contributed by atoms with Crippen molar-refractivity contribution in [3.05, 3.63) is 78.4 Å². The zero-order valence-corrected chi connectivity index (χ0v) is 18.0. The minimum Gasteiger partial charge on any atom is -0.465 e. The van der Waals surface area contributed by atoms with Crippen LogP contribution in [0.5, 0.6) is 0 Å². The number of likely N-dealkylation sites (tertiary alicyclic amines) is 1. The Morgan fingerprint density at radius 1 is 1.12 bits per heavy atom. The van der Waals surface area contributed by atoms with E-state index in [1.165, 1.54) is 4.90 Å². The lowest BCUT2D eigenvalue weighted by Gasteiger charge is -2.31. The molecule has 0 bridgehead atoms. The van der Waals surface area contributed by atoms with Crippen molar-refractivity contribution >= 4 is 23.0 Å². The maximum atomic E-state index is 13.1. The van der Waals surface area contributed by atoms with E-state index in [0.29, 0.717) is 30.7 Å². The summed E-state index contributed by atoms with van der Waals surface area (Å²) in [5.74, 6) is -0.233. The van der Waals surface area contributed by atoms with Gasteiger partial charge in [0.2, 0.25) is 0 Å². The number of nitrogens with one attached hydrogen (secondary N) is 1. The van der Waals surface area contributed by atoms with E-state index in [1.54, 1.807) is 17.1 Å². The van der Waals surface area contributed by atoms with Crippen molar-refractivity contribution < 1.29 is 14.7 Å². The molecule has 1 saturated heterocycles. The van der Waals surface area contributed by atoms with Crippen molar-refractivity contribution in [2.45, 2.75) is 25.4 Å². The van der Waals surface area contributed by atoms with Crippen molar-refractivity contribution in [1.82, 2.24) is 29.5 Å². The highest BCUT2D eigenvalue weighted by Crippen LogP contribution is 2.22. The zero-order chi connectivity index (χ0) is 22.8. The Kier molecular flexibility index (Phi) is 5.52. The Labute approximate surface area is 190 Å². The summed E-state index contributed by atoms with van der Waals surface area (Å²) in [6.07, 6.45) is 7.67. The van der Waals surface area contributed by atoms with Crippen LogP contribution < -0.4 is 5.32 Å². The van der Waals surface area contributed by atoms with Gasteiger partial charge >= 0.3 is 6.09 Å². The molecule has 33 heavy (non-hydrogen) atoms. The molecule has 9 heteroatoms. The maximum Gasteiger partial charge on any atom is 0.407 e. The summed E-state index contributed by atoms with van der Waals surface area (Å²) in [5, 5.41) is 16.5. The molecule has 1 atom stereocenters. The molecule has 1 aliphatic rings. The van der Waals surface area contributed by atoms with Gasteiger partial charge in [0, 0.05) is 50.5 Å². The number of hydrogen-bond acceptors (Lipinski definition) is 4. The first-order chi connectivity index (χ1) is 16.1. The normalized spacial score (nSPS) is 16.1. The molecule has 5 rings (SSSR count). The third-order valence-electron chi connectivity index (χ3n) is 5.97. The van der Waals surface area contributed by atoms with Crippen LogP contribution in [0.3, 0.4) is 0 Å². The Morgan fingerprint density at radius 3 is 2.73 bits per heavy atom. The van der Waals surface area contributed by atoms with Gasteiger partial charge in [0.1, 0.15) is 5.52 Å². The molecule has 2 N–H and O–H groups in total. The quantitative estimate of drug-likeness (QED) is 0.492. The third kappa shape index (κ3) is 4.30. The lowest BCUT2D eigenvalue weighted by Crippen LogP contribution is -2.49. The van der Waals surface area contributed by atoms with Crippen LogP contribution in [-0.2, 0) is 6.54 Å². The highest BCUT2D eigenvalue weighted by Gasteiger charge is 2.26. The number of nitrogens with zero attached hydrogens (tertiary/aromatic N) is 5. The van der Waals surface area contributed by atoms with Gasteiger partial charge in [-0.15, -0.1) is 0 Å². The van der Waals surface area contributed by atoms with E-state index in [-0.39, 0.29) is 11.9 Å². The highest BCUT2D eigenvalue weighted by atomic mass is 16.4. The Morgan fingerprint density at radius 2 is 1.97 bits per heavy atom. The van der Waals surface area contributed by atoms with E-state index in [9.17, 15) is 14.7 Å². The second-order valence-corrected chi connectivity index (χ2v) is 8.20. The number of carbonyl (C=O) groups excluding carboxylic acids is 1. The standard InChI is InChI=1S/C24H24N6O3/c31-23(27-18-4-2-12-28(15-18)24(32)33)20-16-29(21-5-1-10-25-22(20)21)14-17-6-8-19(9-7-17)30-13-3-11-26-30/h1,3,5-11,13,16,18H,2,4,12,14-15H2,(H,27,31)(H,32,33). The van der Waals surface area contributed by atoms with Gasteiger partial charge in [-0.2, -0.15) is 5.10 Å². The lowest BCUT2D eigenvalue weighted by atomic mass is 10.1. The van der Waals surface area contributed by atoms with Gasteiger partial charge in [-0.25, -0.2) is 9.48 Å². The predicted octanol–water partition coefficient (Wildman–Crippen LogP) is 3.14. The monoisotopic (exact) mass is 444 g/mol. The molecule has 1 aromatic carbocycles. The van der Waals surface area contributed by atoms with Gasteiger partial charge in [0.15, 0.2) is 0 Å². The minimum absolute atomic E-state index is 0.209. The van der Waals surface area contributed by atoms with E-state index in [2.05, 4.69) is 15.4 Å². The molecule has 4 heterocycles. The number of rotatable bonds is 5. The Hall–Kier alpha value is -4.14. The van der Waals surface area contributed by atoms with Gasteiger partial charge in [0.25, 0.3) is 5.91 Å². The maximum absolute atomic E-state index is 13.1. The van der Waals surface area contributed by atoms with Crippen LogP contribution in [-0.4, -0.2) is 60.5 Å². The first-order valence-corrected chi connectivity index (χ1v) is 10.9.